The Bertz CT molecular complexity index is 892. The summed E-state index contributed by atoms with van der Waals surface area (Å²) >= 11 is 2.61. The van der Waals surface area contributed by atoms with Gasteiger partial charge in [-0.05, 0) is 42.6 Å². The molecular weight excluding hydrogens is 384 g/mol. The number of anilines is 1. The number of ether oxygens (including phenoxy) is 1. The molecular formula is C18H18N4O3S2. The molecule has 0 radical (unpaired) electrons. The van der Waals surface area contributed by atoms with Crippen molar-refractivity contribution in [1.82, 2.24) is 0 Å². The van der Waals surface area contributed by atoms with Gasteiger partial charge in [-0.25, -0.2) is 4.90 Å². The van der Waals surface area contributed by atoms with Crippen LogP contribution < -0.4 is 15.4 Å². The lowest BCUT2D eigenvalue weighted by molar-refractivity contribution is -0.121. The molecule has 7 nitrogen and oxygen atoms in total. The van der Waals surface area contributed by atoms with Crippen molar-refractivity contribution >= 4 is 51.5 Å². The molecule has 1 fully saturated rings. The second-order valence-corrected chi connectivity index (χ2v) is 7.85. The third kappa shape index (κ3) is 4.37. The average molecular weight is 403 g/mol. The number of nitrogens with two attached hydrogens (primary N) is 1. The number of hydrogen-bond donors (Lipinski definition) is 1. The molecule has 140 valence electrons. The molecule has 0 unspecified atom stereocenters. The van der Waals surface area contributed by atoms with Crippen LogP contribution in [0.4, 0.5) is 5.69 Å². The summed E-state index contributed by atoms with van der Waals surface area (Å²) in [5.74, 6) is 0.0696. The van der Waals surface area contributed by atoms with Crippen molar-refractivity contribution in [1.29, 1.82) is 0 Å². The SMILES string of the molecule is COc1ccc(N2C(=O)C[C@@H](SC(N)=N/N=C(/C)c3cccs3)C2=O)cc1. The smallest absolute Gasteiger partial charge is 0.247 e. The number of carbonyl (C=O) groups excluding carboxylic acids is 2. The third-order valence-electron chi connectivity index (χ3n) is 3.88. The van der Waals surface area contributed by atoms with Gasteiger partial charge in [0.05, 0.1) is 23.4 Å². The van der Waals surface area contributed by atoms with E-state index in [2.05, 4.69) is 10.2 Å². The summed E-state index contributed by atoms with van der Waals surface area (Å²) in [6.45, 7) is 1.84. The number of amidine groups is 1. The number of hydrogen-bond acceptors (Lipinski definition) is 7. The first-order valence-electron chi connectivity index (χ1n) is 8.08. The summed E-state index contributed by atoms with van der Waals surface area (Å²) in [4.78, 5) is 27.1. The second kappa shape index (κ2) is 8.36. The molecule has 2 N–H and O–H groups in total. The van der Waals surface area contributed by atoms with Gasteiger partial charge in [-0.1, -0.05) is 17.8 Å². The fraction of sp³-hybridized carbons (Fsp3) is 0.222. The van der Waals surface area contributed by atoms with Gasteiger partial charge in [-0.15, -0.1) is 16.4 Å². The van der Waals surface area contributed by atoms with Crippen LogP contribution in [0.15, 0.2) is 52.0 Å². The number of imide groups is 1. The fourth-order valence-corrected chi connectivity index (χ4v) is 4.01. The average Bonchev–Trinajstić information content (AvgIpc) is 3.29. The van der Waals surface area contributed by atoms with Crippen LogP contribution in [-0.2, 0) is 9.59 Å². The van der Waals surface area contributed by atoms with Crippen LogP contribution in [0.2, 0.25) is 0 Å². The van der Waals surface area contributed by atoms with Crippen LogP contribution in [0, 0.1) is 0 Å². The minimum atomic E-state index is -0.611. The highest BCUT2D eigenvalue weighted by atomic mass is 32.2. The van der Waals surface area contributed by atoms with Crippen molar-refractivity contribution in [3.63, 3.8) is 0 Å². The Balaban J connectivity index is 1.69. The molecule has 2 heterocycles. The first-order valence-corrected chi connectivity index (χ1v) is 9.84. The maximum absolute atomic E-state index is 12.6. The summed E-state index contributed by atoms with van der Waals surface area (Å²) in [5.41, 5.74) is 7.14. The molecule has 2 aromatic rings. The van der Waals surface area contributed by atoms with Crippen LogP contribution in [0.1, 0.15) is 18.2 Å². The van der Waals surface area contributed by atoms with Gasteiger partial charge in [-0.3, -0.25) is 9.59 Å². The zero-order chi connectivity index (χ0) is 19.4. The zero-order valence-corrected chi connectivity index (χ0v) is 16.4. The lowest BCUT2D eigenvalue weighted by Gasteiger charge is -2.15. The van der Waals surface area contributed by atoms with Crippen molar-refractivity contribution in [2.45, 2.75) is 18.6 Å². The van der Waals surface area contributed by atoms with E-state index in [9.17, 15) is 9.59 Å². The minimum Gasteiger partial charge on any atom is -0.497 e. The zero-order valence-electron chi connectivity index (χ0n) is 14.8. The van der Waals surface area contributed by atoms with Crippen molar-refractivity contribution in [2.24, 2.45) is 15.9 Å². The molecule has 0 spiro atoms. The lowest BCUT2D eigenvalue weighted by atomic mass is 10.3. The van der Waals surface area contributed by atoms with Gasteiger partial charge in [0.2, 0.25) is 11.8 Å². The van der Waals surface area contributed by atoms with Gasteiger partial charge >= 0.3 is 0 Å². The molecule has 1 aliphatic heterocycles. The van der Waals surface area contributed by atoms with E-state index in [1.54, 1.807) is 42.7 Å². The van der Waals surface area contributed by atoms with Gasteiger partial charge in [0.1, 0.15) is 11.0 Å². The summed E-state index contributed by atoms with van der Waals surface area (Å²) in [6, 6.07) is 10.6. The van der Waals surface area contributed by atoms with E-state index in [1.807, 2.05) is 24.4 Å². The van der Waals surface area contributed by atoms with E-state index >= 15 is 0 Å². The van der Waals surface area contributed by atoms with E-state index in [4.69, 9.17) is 10.5 Å². The first kappa shape index (κ1) is 19.1. The molecule has 2 amide bonds. The number of amides is 2. The number of methoxy groups -OCH3 is 1. The van der Waals surface area contributed by atoms with Gasteiger partial charge in [0.25, 0.3) is 0 Å². The van der Waals surface area contributed by atoms with Gasteiger partial charge < -0.3 is 10.5 Å². The lowest BCUT2D eigenvalue weighted by Crippen LogP contribution is -2.31. The Morgan fingerprint density at radius 1 is 1.26 bits per heavy atom. The third-order valence-corrected chi connectivity index (χ3v) is 5.83. The molecule has 0 aliphatic carbocycles. The number of thioether (sulfide) groups is 1. The molecule has 0 bridgehead atoms. The van der Waals surface area contributed by atoms with Crippen LogP contribution in [0.3, 0.4) is 0 Å². The van der Waals surface area contributed by atoms with Gasteiger partial charge in [0.15, 0.2) is 5.17 Å². The quantitative estimate of drug-likeness (QED) is 0.359. The van der Waals surface area contributed by atoms with Crippen molar-refractivity contribution in [3.05, 3.63) is 46.7 Å². The second-order valence-electron chi connectivity index (χ2n) is 5.68. The number of thiophene rings is 1. The summed E-state index contributed by atoms with van der Waals surface area (Å²) in [6.07, 6.45) is 0.0688. The summed E-state index contributed by atoms with van der Waals surface area (Å²) in [7, 11) is 1.55. The predicted octanol–water partition coefficient (Wildman–Crippen LogP) is 2.86. The summed E-state index contributed by atoms with van der Waals surface area (Å²) in [5, 5.41) is 9.56. The van der Waals surface area contributed by atoms with E-state index in [1.165, 1.54) is 4.90 Å². The number of benzene rings is 1. The van der Waals surface area contributed by atoms with E-state index in [0.29, 0.717) is 11.4 Å². The Kier molecular flexibility index (Phi) is 5.92. The highest BCUT2D eigenvalue weighted by Crippen LogP contribution is 2.30. The van der Waals surface area contributed by atoms with Gasteiger partial charge in [-0.2, -0.15) is 5.10 Å². The first-order chi connectivity index (χ1) is 13.0. The number of carbonyl (C=O) groups is 2. The van der Waals surface area contributed by atoms with Crippen LogP contribution in [0.25, 0.3) is 0 Å². The van der Waals surface area contributed by atoms with E-state index < -0.39 is 5.25 Å². The van der Waals surface area contributed by atoms with Crippen LogP contribution in [-0.4, -0.2) is 35.1 Å². The number of nitrogens with zero attached hydrogens (tertiary/aromatic N) is 3. The number of rotatable bonds is 5. The molecule has 9 heteroatoms. The molecule has 1 aromatic heterocycles. The van der Waals surface area contributed by atoms with Gasteiger partial charge in [0, 0.05) is 6.42 Å². The molecule has 0 saturated carbocycles. The van der Waals surface area contributed by atoms with Crippen molar-refractivity contribution in [2.75, 3.05) is 12.0 Å². The maximum Gasteiger partial charge on any atom is 0.247 e. The molecule has 1 aliphatic rings. The van der Waals surface area contributed by atoms with Crippen molar-refractivity contribution < 1.29 is 14.3 Å². The molecule has 3 rings (SSSR count). The normalized spacial score (nSPS) is 18.3. The largest absolute Gasteiger partial charge is 0.497 e. The molecule has 1 aromatic carbocycles. The predicted molar refractivity (Wildman–Crippen MR) is 110 cm³/mol. The Labute approximate surface area is 164 Å². The Hall–Kier alpha value is -2.65. The highest BCUT2D eigenvalue weighted by molar-refractivity contribution is 8.14. The Morgan fingerprint density at radius 2 is 2.00 bits per heavy atom. The van der Waals surface area contributed by atoms with E-state index in [-0.39, 0.29) is 23.4 Å². The van der Waals surface area contributed by atoms with E-state index in [0.717, 1.165) is 22.4 Å². The van der Waals surface area contributed by atoms with Crippen molar-refractivity contribution in [3.8, 4) is 5.75 Å². The fourth-order valence-electron chi connectivity index (χ4n) is 2.53. The van der Waals surface area contributed by atoms with Crippen LogP contribution in [0.5, 0.6) is 5.75 Å². The van der Waals surface area contributed by atoms with Crippen LogP contribution >= 0.6 is 23.1 Å². The molecule has 1 atom stereocenters. The highest BCUT2D eigenvalue weighted by Gasteiger charge is 2.40. The standard InChI is InChI=1S/C18H18N4O3S2/c1-11(14-4-3-9-26-14)20-21-18(19)27-15-10-16(23)22(17(15)24)12-5-7-13(25-2)8-6-12/h3-9,15H,10H2,1-2H3,(H2,19,21)/b20-11-/t15-/m1/s1. The minimum absolute atomic E-state index is 0.0688. The maximum atomic E-state index is 12.6. The molecule has 1 saturated heterocycles. The summed E-state index contributed by atoms with van der Waals surface area (Å²) < 4.78 is 5.10. The topological polar surface area (TPSA) is 97.3 Å². The Morgan fingerprint density at radius 3 is 2.63 bits per heavy atom. The monoisotopic (exact) mass is 402 g/mol. The molecule has 27 heavy (non-hydrogen) atoms.